The Balaban J connectivity index is 0.000000555. The maximum atomic E-state index is 9.67. The van der Waals surface area contributed by atoms with Gasteiger partial charge in [-0.1, -0.05) is 6.07 Å². The zero-order chi connectivity index (χ0) is 15.2. The molecule has 0 aliphatic rings. The fourth-order valence-corrected chi connectivity index (χ4v) is 1.20. The third kappa shape index (κ3) is 9.22. The number of likely N-dealkylation sites (N-methyl/N-ethyl adjacent to an activating group) is 1. The predicted molar refractivity (Wildman–Crippen MR) is 67.5 cm³/mol. The number of aliphatic hydroxyl groups is 1. The summed E-state index contributed by atoms with van der Waals surface area (Å²) in [5.41, 5.74) is 0.592. The minimum atomic E-state index is -4.67. The maximum Gasteiger partial charge on any atom is 0.394 e. The van der Waals surface area contributed by atoms with Crippen molar-refractivity contribution >= 4 is 10.4 Å². The topological polar surface area (TPSA) is 139 Å². The van der Waals surface area contributed by atoms with Crippen LogP contribution in [0, 0.1) is 0 Å². The van der Waals surface area contributed by atoms with Gasteiger partial charge in [0.2, 0.25) is 0 Å². The zero-order valence-electron chi connectivity index (χ0n) is 10.4. The molecule has 8 nitrogen and oxygen atoms in total. The number of hydrogen-bond acceptors (Lipinski definition) is 6. The number of rotatable bonds is 3. The predicted octanol–water partition coefficient (Wildman–Crippen LogP) is 0.0400. The average molecular weight is 295 g/mol. The molecular formula is C10H17NO7S. The molecule has 0 aromatic heterocycles. The summed E-state index contributed by atoms with van der Waals surface area (Å²) in [6.45, 7) is 0.476. The van der Waals surface area contributed by atoms with E-state index in [1.807, 2.05) is 19.0 Å². The number of hydrogen-bond donors (Lipinski definition) is 5. The van der Waals surface area contributed by atoms with Gasteiger partial charge in [-0.3, -0.25) is 9.11 Å². The van der Waals surface area contributed by atoms with Crippen LogP contribution >= 0.6 is 0 Å². The van der Waals surface area contributed by atoms with Crippen LogP contribution in [-0.2, 0) is 10.4 Å². The molecule has 0 heterocycles. The Morgan fingerprint density at radius 3 is 2.00 bits per heavy atom. The highest BCUT2D eigenvalue weighted by molar-refractivity contribution is 7.79. The highest BCUT2D eigenvalue weighted by Crippen LogP contribution is 2.27. The van der Waals surface area contributed by atoms with Gasteiger partial charge >= 0.3 is 10.4 Å². The fraction of sp³-hybridized carbons (Fsp3) is 0.400. The van der Waals surface area contributed by atoms with E-state index in [1.54, 1.807) is 6.07 Å². The lowest BCUT2D eigenvalue weighted by atomic mass is 10.1. The van der Waals surface area contributed by atoms with Crippen LogP contribution in [0.2, 0.25) is 0 Å². The van der Waals surface area contributed by atoms with E-state index in [1.165, 1.54) is 12.1 Å². The quantitative estimate of drug-likeness (QED) is 0.389. The highest BCUT2D eigenvalue weighted by Gasteiger charge is 2.10. The summed E-state index contributed by atoms with van der Waals surface area (Å²) in [4.78, 5) is 1.84. The van der Waals surface area contributed by atoms with Crippen molar-refractivity contribution in [2.24, 2.45) is 0 Å². The summed E-state index contributed by atoms with van der Waals surface area (Å²) in [6, 6.07) is 4.32. The van der Waals surface area contributed by atoms with E-state index < -0.39 is 16.5 Å². The second kappa shape index (κ2) is 7.26. The molecule has 0 aliphatic heterocycles. The van der Waals surface area contributed by atoms with Crippen molar-refractivity contribution in [3.8, 4) is 11.5 Å². The van der Waals surface area contributed by atoms with Gasteiger partial charge in [-0.15, -0.1) is 0 Å². The molecule has 1 rings (SSSR count). The number of phenols is 2. The smallest absolute Gasteiger partial charge is 0.394 e. The molecule has 0 fully saturated rings. The van der Waals surface area contributed by atoms with Gasteiger partial charge in [0.1, 0.15) is 0 Å². The Morgan fingerprint density at radius 1 is 1.16 bits per heavy atom. The number of nitrogens with zero attached hydrogens (tertiary/aromatic N) is 1. The molecule has 5 N–H and O–H groups in total. The minimum absolute atomic E-state index is 0.175. The van der Waals surface area contributed by atoms with Gasteiger partial charge < -0.3 is 20.2 Å². The van der Waals surface area contributed by atoms with Crippen molar-refractivity contribution in [3.63, 3.8) is 0 Å². The Kier molecular flexibility index (Phi) is 6.73. The van der Waals surface area contributed by atoms with Gasteiger partial charge in [-0.05, 0) is 31.8 Å². The van der Waals surface area contributed by atoms with Crippen molar-refractivity contribution in [2.75, 3.05) is 20.6 Å². The molecule has 0 spiro atoms. The van der Waals surface area contributed by atoms with Gasteiger partial charge in [-0.2, -0.15) is 8.42 Å². The minimum Gasteiger partial charge on any atom is -0.504 e. The largest absolute Gasteiger partial charge is 0.504 e. The van der Waals surface area contributed by atoms with E-state index in [9.17, 15) is 10.2 Å². The second-order valence-corrected chi connectivity index (χ2v) is 4.87. The van der Waals surface area contributed by atoms with E-state index >= 15 is 0 Å². The van der Waals surface area contributed by atoms with Crippen molar-refractivity contribution in [1.29, 1.82) is 0 Å². The first-order valence-corrected chi connectivity index (χ1v) is 6.45. The summed E-state index contributed by atoms with van der Waals surface area (Å²) in [5, 5.41) is 27.9. The van der Waals surface area contributed by atoms with Crippen LogP contribution in [0.15, 0.2) is 18.2 Å². The van der Waals surface area contributed by atoms with Gasteiger partial charge in [0, 0.05) is 6.54 Å². The summed E-state index contributed by atoms with van der Waals surface area (Å²) in [5.74, 6) is -0.383. The van der Waals surface area contributed by atoms with Gasteiger partial charge in [0.05, 0.1) is 6.10 Å². The van der Waals surface area contributed by atoms with Crippen LogP contribution in [0.5, 0.6) is 11.5 Å². The molecule has 0 saturated heterocycles. The molecule has 0 saturated carbocycles. The first kappa shape index (κ1) is 17.6. The third-order valence-electron chi connectivity index (χ3n) is 1.92. The third-order valence-corrected chi connectivity index (χ3v) is 1.92. The molecular weight excluding hydrogens is 278 g/mol. The number of phenolic OH excluding ortho intramolecular Hbond substituents is 2. The Hall–Kier alpha value is -1.39. The molecule has 0 bridgehead atoms. The molecule has 9 heteroatoms. The maximum absolute atomic E-state index is 9.67. The Bertz CT molecular complexity index is 493. The first-order chi connectivity index (χ1) is 8.50. The molecule has 110 valence electrons. The summed E-state index contributed by atoms with van der Waals surface area (Å²) >= 11 is 0. The van der Waals surface area contributed by atoms with E-state index in [0.29, 0.717) is 12.1 Å². The molecule has 1 atom stereocenters. The number of aromatic hydroxyl groups is 2. The van der Waals surface area contributed by atoms with Gasteiger partial charge in [0.25, 0.3) is 0 Å². The van der Waals surface area contributed by atoms with Crippen LogP contribution in [0.4, 0.5) is 0 Å². The summed E-state index contributed by atoms with van der Waals surface area (Å²) < 4.78 is 31.6. The number of benzene rings is 1. The SMILES string of the molecule is CN(C)C[C@H](O)c1ccc(O)c(O)c1.O=S(=O)(O)O. The van der Waals surface area contributed by atoms with Crippen molar-refractivity contribution < 1.29 is 32.8 Å². The molecule has 0 aliphatic carbocycles. The van der Waals surface area contributed by atoms with Crippen LogP contribution in [0.3, 0.4) is 0 Å². The van der Waals surface area contributed by atoms with Crippen molar-refractivity contribution in [1.82, 2.24) is 4.90 Å². The van der Waals surface area contributed by atoms with Crippen molar-refractivity contribution in [3.05, 3.63) is 23.8 Å². The standard InChI is InChI=1S/C10H15NO3.H2O4S/c1-11(2)6-10(14)7-3-4-8(12)9(13)5-7;1-5(2,3)4/h3-5,10,12-14H,6H2,1-2H3;(H2,1,2,3,4)/t10-;/m0./s1. The second-order valence-electron chi connectivity index (χ2n) is 3.97. The fourth-order valence-electron chi connectivity index (χ4n) is 1.20. The normalized spacial score (nSPS) is 12.7. The summed E-state index contributed by atoms with van der Waals surface area (Å²) in [7, 11) is -0.965. The van der Waals surface area contributed by atoms with Crippen LogP contribution in [0.1, 0.15) is 11.7 Å². The first-order valence-electron chi connectivity index (χ1n) is 5.05. The van der Waals surface area contributed by atoms with E-state index in [-0.39, 0.29) is 11.5 Å². The monoisotopic (exact) mass is 295 g/mol. The molecule has 19 heavy (non-hydrogen) atoms. The average Bonchev–Trinajstić information content (AvgIpc) is 2.18. The lowest BCUT2D eigenvalue weighted by molar-refractivity contribution is 0.138. The Morgan fingerprint density at radius 2 is 1.63 bits per heavy atom. The van der Waals surface area contributed by atoms with Crippen LogP contribution in [0.25, 0.3) is 0 Å². The van der Waals surface area contributed by atoms with Gasteiger partial charge in [-0.25, -0.2) is 0 Å². The highest BCUT2D eigenvalue weighted by atomic mass is 32.3. The van der Waals surface area contributed by atoms with E-state index in [2.05, 4.69) is 0 Å². The summed E-state index contributed by atoms with van der Waals surface area (Å²) in [6.07, 6.45) is -0.656. The van der Waals surface area contributed by atoms with Crippen LogP contribution in [-0.4, -0.2) is 58.4 Å². The lowest BCUT2D eigenvalue weighted by Gasteiger charge is -2.16. The van der Waals surface area contributed by atoms with E-state index in [4.69, 9.17) is 22.6 Å². The lowest BCUT2D eigenvalue weighted by Crippen LogP contribution is -2.19. The van der Waals surface area contributed by atoms with Crippen LogP contribution < -0.4 is 0 Å². The molecule has 1 aromatic rings. The molecule has 0 radical (unpaired) electrons. The molecule has 1 aromatic carbocycles. The molecule has 0 amide bonds. The Labute approximate surface area is 111 Å². The van der Waals surface area contributed by atoms with Gasteiger partial charge in [0.15, 0.2) is 11.5 Å². The zero-order valence-corrected chi connectivity index (χ0v) is 11.2. The van der Waals surface area contributed by atoms with E-state index in [0.717, 1.165) is 0 Å². The molecule has 0 unspecified atom stereocenters. The van der Waals surface area contributed by atoms with Crippen molar-refractivity contribution in [2.45, 2.75) is 6.10 Å². The number of aliphatic hydroxyl groups excluding tert-OH is 1.